The highest BCUT2D eigenvalue weighted by atomic mass is 16.3. The summed E-state index contributed by atoms with van der Waals surface area (Å²) >= 11 is 0. The van der Waals surface area contributed by atoms with E-state index < -0.39 is 0 Å². The molecule has 0 radical (unpaired) electrons. The van der Waals surface area contributed by atoms with E-state index in [4.69, 9.17) is 0 Å². The summed E-state index contributed by atoms with van der Waals surface area (Å²) in [4.78, 5) is 21.7. The van der Waals surface area contributed by atoms with E-state index in [1.165, 1.54) is 0 Å². The van der Waals surface area contributed by atoms with Crippen molar-refractivity contribution in [2.75, 3.05) is 20.1 Å². The highest BCUT2D eigenvalue weighted by Crippen LogP contribution is 2.24. The fraction of sp³-hybridized carbons (Fsp3) is 0.579. The van der Waals surface area contributed by atoms with Crippen LogP contribution in [0, 0.1) is 5.92 Å². The van der Waals surface area contributed by atoms with Crippen molar-refractivity contribution < 1.29 is 9.90 Å². The number of para-hydroxylation sites is 2. The summed E-state index contributed by atoms with van der Waals surface area (Å²) in [5, 5.41) is 13.0. The largest absolute Gasteiger partial charge is 0.393 e. The Morgan fingerprint density at radius 3 is 2.96 bits per heavy atom. The molecule has 136 valence electrons. The summed E-state index contributed by atoms with van der Waals surface area (Å²) in [6, 6.07) is 7.91. The Hall–Kier alpha value is -2.08. The summed E-state index contributed by atoms with van der Waals surface area (Å²) in [6.07, 6.45) is 5.48. The van der Waals surface area contributed by atoms with Crippen LogP contribution in [0.15, 0.2) is 24.3 Å². The third-order valence-electron chi connectivity index (χ3n) is 5.03. The van der Waals surface area contributed by atoms with Crippen molar-refractivity contribution in [3.63, 3.8) is 0 Å². The predicted molar refractivity (Wildman–Crippen MR) is 98.4 cm³/mol. The van der Waals surface area contributed by atoms with Gasteiger partial charge in [0.1, 0.15) is 5.82 Å². The number of aryl methyl sites for hydroxylation is 1. The van der Waals surface area contributed by atoms with Gasteiger partial charge in [-0.1, -0.05) is 25.0 Å². The Bertz CT molecular complexity index is 667. The Labute approximate surface area is 148 Å². The number of H-pyrrole nitrogens is 1. The molecule has 1 aromatic heterocycles. The van der Waals surface area contributed by atoms with Gasteiger partial charge in [0.15, 0.2) is 0 Å². The molecule has 2 amide bonds. The van der Waals surface area contributed by atoms with E-state index in [2.05, 4.69) is 15.3 Å². The van der Waals surface area contributed by atoms with E-state index in [1.54, 1.807) is 11.9 Å². The lowest BCUT2D eigenvalue weighted by molar-refractivity contribution is 0.0565. The lowest BCUT2D eigenvalue weighted by Gasteiger charge is -2.31. The maximum absolute atomic E-state index is 12.2. The number of urea groups is 1. The quantitative estimate of drug-likeness (QED) is 0.705. The Balaban J connectivity index is 1.38. The van der Waals surface area contributed by atoms with Gasteiger partial charge in [0.2, 0.25) is 0 Å². The first-order valence-corrected chi connectivity index (χ1v) is 9.24. The molecule has 6 heteroatoms. The summed E-state index contributed by atoms with van der Waals surface area (Å²) in [5.74, 6) is 1.16. The monoisotopic (exact) mass is 344 g/mol. The molecule has 2 aromatic rings. The van der Waals surface area contributed by atoms with Crippen molar-refractivity contribution in [1.82, 2.24) is 20.2 Å². The number of fused-ring (bicyclic) bond motifs is 1. The maximum atomic E-state index is 12.2. The number of aliphatic hydroxyl groups excluding tert-OH is 1. The second-order valence-electron chi connectivity index (χ2n) is 7.03. The molecule has 0 spiro atoms. The molecule has 6 nitrogen and oxygen atoms in total. The first kappa shape index (κ1) is 17.7. The predicted octanol–water partition coefficient (Wildman–Crippen LogP) is 2.69. The number of hydrogen-bond acceptors (Lipinski definition) is 3. The van der Waals surface area contributed by atoms with Crippen LogP contribution < -0.4 is 5.32 Å². The second kappa shape index (κ2) is 8.34. The molecule has 1 aliphatic carbocycles. The summed E-state index contributed by atoms with van der Waals surface area (Å²) in [6.45, 7) is 1.24. The van der Waals surface area contributed by atoms with Crippen LogP contribution in [0.2, 0.25) is 0 Å². The topological polar surface area (TPSA) is 81.2 Å². The van der Waals surface area contributed by atoms with Crippen molar-refractivity contribution in [1.29, 1.82) is 0 Å². The zero-order chi connectivity index (χ0) is 17.6. The average Bonchev–Trinajstić information content (AvgIpc) is 3.03. The van der Waals surface area contributed by atoms with Crippen molar-refractivity contribution >= 4 is 17.1 Å². The fourth-order valence-electron chi connectivity index (χ4n) is 3.55. The number of aromatic amines is 1. The van der Waals surface area contributed by atoms with Gasteiger partial charge in [-0.15, -0.1) is 0 Å². The molecule has 25 heavy (non-hydrogen) atoms. The second-order valence-corrected chi connectivity index (χ2v) is 7.03. The molecule has 1 aromatic carbocycles. The molecule has 1 heterocycles. The SMILES string of the molecule is CN(C[C@@H]1CCCC[C@@H]1O)C(=O)NCCCc1nc2ccccc2[nH]1. The van der Waals surface area contributed by atoms with Crippen molar-refractivity contribution in [3.8, 4) is 0 Å². The molecular weight excluding hydrogens is 316 g/mol. The maximum Gasteiger partial charge on any atom is 0.317 e. The molecule has 1 aliphatic rings. The average molecular weight is 344 g/mol. The molecular formula is C19H28N4O2. The van der Waals surface area contributed by atoms with Crippen LogP contribution in [-0.2, 0) is 6.42 Å². The third kappa shape index (κ3) is 4.72. The van der Waals surface area contributed by atoms with E-state index in [0.717, 1.165) is 55.4 Å². The number of amides is 2. The third-order valence-corrected chi connectivity index (χ3v) is 5.03. The van der Waals surface area contributed by atoms with Crippen LogP contribution in [0.1, 0.15) is 37.9 Å². The van der Waals surface area contributed by atoms with Crippen molar-refractivity contribution in [3.05, 3.63) is 30.1 Å². The van der Waals surface area contributed by atoms with E-state index in [1.807, 2.05) is 24.3 Å². The number of aromatic nitrogens is 2. The Kier molecular flexibility index (Phi) is 5.91. The molecule has 1 saturated carbocycles. The van der Waals surface area contributed by atoms with Crippen LogP contribution in [0.25, 0.3) is 11.0 Å². The minimum Gasteiger partial charge on any atom is -0.393 e. The normalized spacial score (nSPS) is 20.6. The van der Waals surface area contributed by atoms with Crippen molar-refractivity contribution in [2.24, 2.45) is 5.92 Å². The minimum absolute atomic E-state index is 0.0672. The van der Waals surface area contributed by atoms with E-state index in [0.29, 0.717) is 13.1 Å². The number of carbonyl (C=O) groups excluding carboxylic acids is 1. The summed E-state index contributed by atoms with van der Waals surface area (Å²) < 4.78 is 0. The van der Waals surface area contributed by atoms with E-state index in [-0.39, 0.29) is 18.1 Å². The minimum atomic E-state index is -0.267. The van der Waals surface area contributed by atoms with Gasteiger partial charge in [-0.3, -0.25) is 0 Å². The number of aliphatic hydroxyl groups is 1. The molecule has 3 rings (SSSR count). The molecule has 0 unspecified atom stereocenters. The van der Waals surface area contributed by atoms with Crippen LogP contribution in [0.5, 0.6) is 0 Å². The molecule has 0 aliphatic heterocycles. The number of nitrogens with zero attached hydrogens (tertiary/aromatic N) is 2. The highest BCUT2D eigenvalue weighted by molar-refractivity contribution is 5.75. The van der Waals surface area contributed by atoms with Crippen molar-refractivity contribution in [2.45, 2.75) is 44.6 Å². The lowest BCUT2D eigenvalue weighted by Crippen LogP contribution is -2.43. The highest BCUT2D eigenvalue weighted by Gasteiger charge is 2.25. The fourth-order valence-corrected chi connectivity index (χ4v) is 3.55. The number of imidazole rings is 1. The van der Waals surface area contributed by atoms with E-state index in [9.17, 15) is 9.90 Å². The van der Waals surface area contributed by atoms with Crippen LogP contribution in [0.4, 0.5) is 4.79 Å². The van der Waals surface area contributed by atoms with Gasteiger partial charge in [-0.25, -0.2) is 9.78 Å². The van der Waals surface area contributed by atoms with Gasteiger partial charge in [-0.2, -0.15) is 0 Å². The standard InChI is InChI=1S/C19H28N4O2/c1-23(13-14-7-2-5-10-17(14)24)19(25)20-12-6-11-18-21-15-8-3-4-9-16(15)22-18/h3-4,8-9,14,17,24H,2,5-7,10-13H2,1H3,(H,20,25)(H,21,22)/t14-,17-/m0/s1. The number of rotatable bonds is 6. The zero-order valence-corrected chi connectivity index (χ0v) is 14.9. The Morgan fingerprint density at radius 2 is 2.16 bits per heavy atom. The number of benzene rings is 1. The smallest absolute Gasteiger partial charge is 0.317 e. The van der Waals surface area contributed by atoms with Crippen LogP contribution in [-0.4, -0.2) is 52.2 Å². The number of nitrogens with one attached hydrogen (secondary N) is 2. The first-order chi connectivity index (χ1) is 12.1. The van der Waals surface area contributed by atoms with Gasteiger partial charge in [0.25, 0.3) is 0 Å². The molecule has 1 fully saturated rings. The first-order valence-electron chi connectivity index (χ1n) is 9.24. The van der Waals surface area contributed by atoms with Gasteiger partial charge in [-0.05, 0) is 31.4 Å². The molecule has 0 bridgehead atoms. The van der Waals surface area contributed by atoms with Gasteiger partial charge in [0, 0.05) is 32.5 Å². The zero-order valence-electron chi connectivity index (χ0n) is 14.9. The van der Waals surface area contributed by atoms with Gasteiger partial charge >= 0.3 is 6.03 Å². The number of hydrogen-bond donors (Lipinski definition) is 3. The molecule has 3 N–H and O–H groups in total. The van der Waals surface area contributed by atoms with E-state index >= 15 is 0 Å². The number of carbonyl (C=O) groups is 1. The van der Waals surface area contributed by atoms with Crippen LogP contribution >= 0.6 is 0 Å². The Morgan fingerprint density at radius 1 is 1.36 bits per heavy atom. The van der Waals surface area contributed by atoms with Gasteiger partial charge in [0.05, 0.1) is 17.1 Å². The summed E-state index contributed by atoms with van der Waals surface area (Å²) in [5.41, 5.74) is 2.03. The lowest BCUT2D eigenvalue weighted by atomic mass is 9.86. The van der Waals surface area contributed by atoms with Crippen LogP contribution in [0.3, 0.4) is 0 Å². The molecule has 0 saturated heterocycles. The van der Waals surface area contributed by atoms with Gasteiger partial charge < -0.3 is 20.3 Å². The summed E-state index contributed by atoms with van der Waals surface area (Å²) in [7, 11) is 1.80. The molecule has 2 atom stereocenters.